The molecule has 2 aromatic carbocycles. The molecule has 1 aliphatic rings. The Labute approximate surface area is 177 Å². The summed E-state index contributed by atoms with van der Waals surface area (Å²) < 4.78 is 0. The lowest BCUT2D eigenvalue weighted by Crippen LogP contribution is -2.47. The molecule has 0 spiro atoms. The van der Waals surface area contributed by atoms with Crippen molar-refractivity contribution in [3.8, 4) is 0 Å². The van der Waals surface area contributed by atoms with Gasteiger partial charge >= 0.3 is 0 Å². The molecule has 5 nitrogen and oxygen atoms in total. The summed E-state index contributed by atoms with van der Waals surface area (Å²) >= 11 is 6.49. The van der Waals surface area contributed by atoms with Gasteiger partial charge in [-0.25, -0.2) is 0 Å². The highest BCUT2D eigenvalue weighted by Crippen LogP contribution is 2.31. The maximum Gasteiger partial charge on any atom is 0.251 e. The molecule has 1 atom stereocenters. The van der Waals surface area contributed by atoms with Crippen LogP contribution >= 0.6 is 11.6 Å². The first-order valence-electron chi connectivity index (χ1n) is 10.2. The Kier molecular flexibility index (Phi) is 7.15. The van der Waals surface area contributed by atoms with E-state index in [2.05, 4.69) is 15.5 Å². The number of carbonyl (C=O) groups is 2. The van der Waals surface area contributed by atoms with Crippen LogP contribution in [0.25, 0.3) is 0 Å². The quantitative estimate of drug-likeness (QED) is 0.720. The van der Waals surface area contributed by atoms with E-state index in [0.29, 0.717) is 16.3 Å². The molecule has 1 heterocycles. The standard InChI is InChI=1S/C23H28ClN3O2/c1-16(2)21(26-22(28)17-9-5-3-6-10-17)23(29)25-18-11-12-20(19(24)15-18)27-13-7-4-8-14-27/h3,5-6,9-12,15-16,21H,4,7-8,13-14H2,1-2H3,(H,25,29)(H,26,28). The summed E-state index contributed by atoms with van der Waals surface area (Å²) in [7, 11) is 0. The third kappa shape index (κ3) is 5.51. The number of piperidine rings is 1. The molecule has 29 heavy (non-hydrogen) atoms. The van der Waals surface area contributed by atoms with Crippen molar-refractivity contribution in [2.24, 2.45) is 5.92 Å². The average Bonchev–Trinajstić information content (AvgIpc) is 2.73. The van der Waals surface area contributed by atoms with Crippen molar-refractivity contribution in [2.75, 3.05) is 23.3 Å². The summed E-state index contributed by atoms with van der Waals surface area (Å²) in [5.74, 6) is -0.588. The van der Waals surface area contributed by atoms with Crippen LogP contribution in [0.5, 0.6) is 0 Å². The van der Waals surface area contributed by atoms with Crippen LogP contribution < -0.4 is 15.5 Å². The van der Waals surface area contributed by atoms with Gasteiger partial charge in [0.15, 0.2) is 0 Å². The van der Waals surface area contributed by atoms with Gasteiger partial charge in [-0.05, 0) is 55.5 Å². The molecule has 2 amide bonds. The molecule has 1 fully saturated rings. The molecule has 1 aliphatic heterocycles. The van der Waals surface area contributed by atoms with Gasteiger partial charge in [-0.1, -0.05) is 43.6 Å². The number of carbonyl (C=O) groups excluding carboxylic acids is 2. The zero-order chi connectivity index (χ0) is 20.8. The molecule has 0 bridgehead atoms. The van der Waals surface area contributed by atoms with Gasteiger partial charge in [0.25, 0.3) is 5.91 Å². The van der Waals surface area contributed by atoms with Gasteiger partial charge in [-0.3, -0.25) is 9.59 Å². The minimum atomic E-state index is -0.650. The summed E-state index contributed by atoms with van der Waals surface area (Å²) in [6, 6.07) is 13.8. The van der Waals surface area contributed by atoms with Gasteiger partial charge in [0, 0.05) is 24.3 Å². The van der Waals surface area contributed by atoms with Crippen molar-refractivity contribution < 1.29 is 9.59 Å². The Hall–Kier alpha value is -2.53. The highest BCUT2D eigenvalue weighted by Gasteiger charge is 2.25. The molecule has 6 heteroatoms. The maximum absolute atomic E-state index is 12.8. The largest absolute Gasteiger partial charge is 0.370 e. The van der Waals surface area contributed by atoms with Crippen LogP contribution in [0.1, 0.15) is 43.5 Å². The third-order valence-electron chi connectivity index (χ3n) is 5.18. The molecule has 0 aromatic heterocycles. The monoisotopic (exact) mass is 413 g/mol. The van der Waals surface area contributed by atoms with Crippen LogP contribution in [0.2, 0.25) is 5.02 Å². The molecule has 0 saturated carbocycles. The lowest BCUT2D eigenvalue weighted by molar-refractivity contribution is -0.118. The van der Waals surface area contributed by atoms with Crippen molar-refractivity contribution in [1.29, 1.82) is 0 Å². The van der Waals surface area contributed by atoms with Crippen molar-refractivity contribution in [2.45, 2.75) is 39.2 Å². The van der Waals surface area contributed by atoms with Crippen LogP contribution in [0.15, 0.2) is 48.5 Å². The van der Waals surface area contributed by atoms with Crippen LogP contribution in [0.4, 0.5) is 11.4 Å². The first-order chi connectivity index (χ1) is 14.0. The fraction of sp³-hybridized carbons (Fsp3) is 0.391. The Bertz CT molecular complexity index is 848. The van der Waals surface area contributed by atoms with E-state index in [1.165, 1.54) is 19.3 Å². The zero-order valence-electron chi connectivity index (χ0n) is 17.0. The van der Waals surface area contributed by atoms with Crippen LogP contribution in [-0.4, -0.2) is 30.9 Å². The highest BCUT2D eigenvalue weighted by molar-refractivity contribution is 6.33. The van der Waals surface area contributed by atoms with E-state index in [4.69, 9.17) is 11.6 Å². The average molecular weight is 414 g/mol. The molecule has 154 valence electrons. The van der Waals surface area contributed by atoms with Gasteiger partial charge < -0.3 is 15.5 Å². The SMILES string of the molecule is CC(C)C(NC(=O)c1ccccc1)C(=O)Nc1ccc(N2CCCCC2)c(Cl)c1. The number of anilines is 2. The lowest BCUT2D eigenvalue weighted by Gasteiger charge is -2.29. The Morgan fingerprint density at radius 1 is 1.00 bits per heavy atom. The summed E-state index contributed by atoms with van der Waals surface area (Å²) in [6.07, 6.45) is 3.60. The summed E-state index contributed by atoms with van der Waals surface area (Å²) in [4.78, 5) is 27.6. The summed E-state index contributed by atoms with van der Waals surface area (Å²) in [5.41, 5.74) is 2.16. The Morgan fingerprint density at radius 2 is 1.69 bits per heavy atom. The van der Waals surface area contributed by atoms with E-state index in [9.17, 15) is 9.59 Å². The summed E-state index contributed by atoms with van der Waals surface area (Å²) in [5, 5.41) is 6.36. The molecule has 1 saturated heterocycles. The van der Waals surface area contributed by atoms with E-state index < -0.39 is 6.04 Å². The number of hydrogen-bond donors (Lipinski definition) is 2. The molecule has 2 aromatic rings. The third-order valence-corrected chi connectivity index (χ3v) is 5.49. The molecule has 0 radical (unpaired) electrons. The molecule has 0 aliphatic carbocycles. The van der Waals surface area contributed by atoms with Crippen LogP contribution in [0.3, 0.4) is 0 Å². The molecular weight excluding hydrogens is 386 g/mol. The number of benzene rings is 2. The molecule has 1 unspecified atom stereocenters. The van der Waals surface area contributed by atoms with E-state index in [1.807, 2.05) is 32.0 Å². The predicted octanol–water partition coefficient (Wildman–Crippen LogP) is 4.72. The number of halogens is 1. The van der Waals surface area contributed by atoms with E-state index in [-0.39, 0.29) is 17.7 Å². The highest BCUT2D eigenvalue weighted by atomic mass is 35.5. The van der Waals surface area contributed by atoms with Gasteiger partial charge in [-0.15, -0.1) is 0 Å². The van der Waals surface area contributed by atoms with E-state index >= 15 is 0 Å². The predicted molar refractivity (Wildman–Crippen MR) is 119 cm³/mol. The maximum atomic E-state index is 12.8. The number of amides is 2. The smallest absolute Gasteiger partial charge is 0.251 e. The van der Waals surface area contributed by atoms with Crippen molar-refractivity contribution in [3.05, 3.63) is 59.1 Å². The normalized spacial score (nSPS) is 15.1. The molecular formula is C23H28ClN3O2. The van der Waals surface area contributed by atoms with Crippen LogP contribution in [-0.2, 0) is 4.79 Å². The second-order valence-electron chi connectivity index (χ2n) is 7.76. The minimum absolute atomic E-state index is 0.0641. The first kappa shape index (κ1) is 21.2. The van der Waals surface area contributed by atoms with E-state index in [0.717, 1.165) is 18.8 Å². The fourth-order valence-electron chi connectivity index (χ4n) is 3.54. The molecule has 3 rings (SSSR count). The van der Waals surface area contributed by atoms with Gasteiger partial charge in [0.1, 0.15) is 6.04 Å². The van der Waals surface area contributed by atoms with Crippen molar-refractivity contribution >= 4 is 34.8 Å². The first-order valence-corrected chi connectivity index (χ1v) is 10.5. The number of rotatable bonds is 6. The van der Waals surface area contributed by atoms with Gasteiger partial charge in [0.2, 0.25) is 5.91 Å². The Balaban J connectivity index is 1.68. The zero-order valence-corrected chi connectivity index (χ0v) is 17.7. The topological polar surface area (TPSA) is 61.4 Å². The lowest BCUT2D eigenvalue weighted by atomic mass is 10.0. The number of nitrogens with zero attached hydrogens (tertiary/aromatic N) is 1. The summed E-state index contributed by atoms with van der Waals surface area (Å²) in [6.45, 7) is 5.82. The fourth-order valence-corrected chi connectivity index (χ4v) is 3.85. The van der Waals surface area contributed by atoms with Crippen molar-refractivity contribution in [1.82, 2.24) is 5.32 Å². The van der Waals surface area contributed by atoms with Gasteiger partial charge in [0.05, 0.1) is 10.7 Å². The minimum Gasteiger partial charge on any atom is -0.370 e. The molecule has 2 N–H and O–H groups in total. The second-order valence-corrected chi connectivity index (χ2v) is 8.17. The van der Waals surface area contributed by atoms with Crippen LogP contribution in [0, 0.1) is 5.92 Å². The Morgan fingerprint density at radius 3 is 2.31 bits per heavy atom. The number of hydrogen-bond acceptors (Lipinski definition) is 3. The van der Waals surface area contributed by atoms with Crippen molar-refractivity contribution in [3.63, 3.8) is 0 Å². The van der Waals surface area contributed by atoms with Gasteiger partial charge in [-0.2, -0.15) is 0 Å². The van der Waals surface area contributed by atoms with E-state index in [1.54, 1.807) is 30.3 Å². The number of nitrogens with one attached hydrogen (secondary N) is 2. The second kappa shape index (κ2) is 9.79.